The molecule has 0 aliphatic carbocycles. The van der Waals surface area contributed by atoms with Gasteiger partial charge >= 0.3 is 0 Å². The summed E-state index contributed by atoms with van der Waals surface area (Å²) in [4.78, 5) is 76.3. The molecule has 5 aromatic carbocycles. The molecule has 2 heterocycles. The number of aryl methyl sites for hydroxylation is 2. The predicted octanol–water partition coefficient (Wildman–Crippen LogP) is 6.10. The molecule has 7 rings (SSSR count). The predicted molar refractivity (Wildman–Crippen MR) is 191 cm³/mol. The summed E-state index contributed by atoms with van der Waals surface area (Å²) >= 11 is 0. The number of fused-ring (bicyclic) bond motifs is 2. The molecule has 2 N–H and O–H groups in total. The lowest BCUT2D eigenvalue weighted by molar-refractivity contribution is 0.0910. The molecular weight excluding hydrogens is 648 g/mol. The van der Waals surface area contributed by atoms with Crippen LogP contribution in [0.15, 0.2) is 109 Å². The summed E-state index contributed by atoms with van der Waals surface area (Å²) < 4.78 is 5.79. The molecule has 0 unspecified atom stereocenters. The third-order valence-corrected chi connectivity index (χ3v) is 8.40. The number of carbonyl (C=O) groups excluding carboxylic acids is 6. The minimum Gasteiger partial charge on any atom is -0.457 e. The van der Waals surface area contributed by atoms with Crippen molar-refractivity contribution < 1.29 is 33.5 Å². The largest absolute Gasteiger partial charge is 0.457 e. The highest BCUT2D eigenvalue weighted by Crippen LogP contribution is 2.32. The summed E-state index contributed by atoms with van der Waals surface area (Å²) in [6.45, 7) is 3.93. The first kappa shape index (κ1) is 34.0. The number of rotatable bonds is 6. The molecule has 2 aliphatic heterocycles. The van der Waals surface area contributed by atoms with Crippen molar-refractivity contribution >= 4 is 46.8 Å². The molecule has 0 atom stereocenters. The van der Waals surface area contributed by atoms with Crippen LogP contribution >= 0.6 is 0 Å². The number of anilines is 2. The van der Waals surface area contributed by atoms with Crippen LogP contribution in [-0.4, -0.2) is 49.5 Å². The van der Waals surface area contributed by atoms with E-state index in [4.69, 9.17) is 4.74 Å². The molecule has 0 saturated heterocycles. The average molecular weight is 681 g/mol. The molecule has 0 aromatic heterocycles. The number of nitrogens with one attached hydrogen (secondary N) is 2. The van der Waals surface area contributed by atoms with E-state index in [9.17, 15) is 28.8 Å². The van der Waals surface area contributed by atoms with Gasteiger partial charge in [0.05, 0.1) is 33.6 Å². The first-order chi connectivity index (χ1) is 24.5. The lowest BCUT2D eigenvalue weighted by Crippen LogP contribution is -2.29. The minimum absolute atomic E-state index is 0.219. The fraction of sp³-hybridized carbons (Fsp3) is 0.100. The lowest BCUT2D eigenvalue weighted by atomic mass is 10.1. The third-order valence-electron chi connectivity index (χ3n) is 8.40. The van der Waals surface area contributed by atoms with Crippen LogP contribution in [0.4, 0.5) is 11.4 Å². The topological polar surface area (TPSA) is 142 Å². The molecule has 2 aliphatic rings. The smallest absolute Gasteiger partial charge is 0.266 e. The molecule has 0 radical (unpaired) electrons. The summed E-state index contributed by atoms with van der Waals surface area (Å²) in [5, 5.41) is 5.01. The molecular formula is C40H32N4O7. The van der Waals surface area contributed by atoms with Gasteiger partial charge in [0, 0.05) is 25.2 Å². The second kappa shape index (κ2) is 13.9. The normalized spacial score (nSPS) is 12.9. The van der Waals surface area contributed by atoms with Crippen molar-refractivity contribution in [2.75, 3.05) is 23.9 Å². The van der Waals surface area contributed by atoms with Crippen molar-refractivity contribution in [3.63, 3.8) is 0 Å². The molecule has 254 valence electrons. The summed E-state index contributed by atoms with van der Waals surface area (Å²) in [5.41, 5.74) is 4.90. The molecule has 11 nitrogen and oxygen atoms in total. The maximum atomic E-state index is 12.8. The fourth-order valence-corrected chi connectivity index (χ4v) is 5.62. The van der Waals surface area contributed by atoms with Gasteiger partial charge in [0.2, 0.25) is 0 Å². The van der Waals surface area contributed by atoms with Crippen molar-refractivity contribution in [2.24, 2.45) is 0 Å². The molecule has 0 fully saturated rings. The number of carbonyl (C=O) groups is 6. The number of ether oxygens (including phenoxy) is 1. The Bertz CT molecular complexity index is 2230. The van der Waals surface area contributed by atoms with Crippen molar-refractivity contribution in [3.05, 3.63) is 154 Å². The van der Waals surface area contributed by atoms with Gasteiger partial charge in [-0.15, -0.1) is 0 Å². The Balaban J connectivity index is 0.000000183. The van der Waals surface area contributed by atoms with Crippen LogP contribution in [0.5, 0.6) is 11.5 Å². The van der Waals surface area contributed by atoms with Gasteiger partial charge in [-0.2, -0.15) is 0 Å². The molecule has 0 bridgehead atoms. The standard InChI is InChI=1S/C23H18N2O4.C17H14N2O3/c1-14-3-8-17(9-4-14)29-18-10-6-16(7-11-18)25-22(27)19-12-5-15(21(26)24-2)13-20(19)23(25)28;1-10-3-6-12(7-4-10)19-16(21)13-8-5-11(15(20)18-2)9-14(13)17(19)22/h3-13H,1-2H3,(H,24,26);3-9H,1-2H3,(H,18,20). The summed E-state index contributed by atoms with van der Waals surface area (Å²) in [5.74, 6) is -0.964. The van der Waals surface area contributed by atoms with Crippen molar-refractivity contribution in [2.45, 2.75) is 13.8 Å². The van der Waals surface area contributed by atoms with E-state index in [1.165, 1.54) is 44.4 Å². The van der Waals surface area contributed by atoms with Gasteiger partial charge in [-0.05, 0) is 98.8 Å². The molecule has 51 heavy (non-hydrogen) atoms. The third kappa shape index (κ3) is 6.60. The van der Waals surface area contributed by atoms with E-state index in [2.05, 4.69) is 10.6 Å². The van der Waals surface area contributed by atoms with Crippen molar-refractivity contribution in [1.82, 2.24) is 10.6 Å². The van der Waals surface area contributed by atoms with Gasteiger partial charge in [-0.3, -0.25) is 28.8 Å². The number of imide groups is 2. The fourth-order valence-electron chi connectivity index (χ4n) is 5.62. The van der Waals surface area contributed by atoms with Crippen molar-refractivity contribution in [1.29, 1.82) is 0 Å². The van der Waals surface area contributed by atoms with E-state index in [1.807, 2.05) is 50.2 Å². The molecule has 11 heteroatoms. The molecule has 6 amide bonds. The second-order valence-corrected chi connectivity index (χ2v) is 11.8. The summed E-state index contributed by atoms with van der Waals surface area (Å²) in [6.07, 6.45) is 0. The quantitative estimate of drug-likeness (QED) is 0.206. The maximum absolute atomic E-state index is 12.8. The van der Waals surface area contributed by atoms with E-state index in [1.54, 1.807) is 42.5 Å². The Morgan fingerprint density at radius 1 is 0.471 bits per heavy atom. The first-order valence-corrected chi connectivity index (χ1v) is 15.9. The zero-order chi connectivity index (χ0) is 36.4. The number of hydrogen-bond donors (Lipinski definition) is 2. The first-order valence-electron chi connectivity index (χ1n) is 15.9. The second-order valence-electron chi connectivity index (χ2n) is 11.8. The monoisotopic (exact) mass is 680 g/mol. The Morgan fingerprint density at radius 2 is 0.804 bits per heavy atom. The van der Waals surface area contributed by atoms with Gasteiger partial charge in [-0.1, -0.05) is 35.4 Å². The highest BCUT2D eigenvalue weighted by atomic mass is 16.5. The Hall–Kier alpha value is -6.88. The number of amides is 6. The van der Waals surface area contributed by atoms with Gasteiger partial charge in [-0.25, -0.2) is 9.80 Å². The van der Waals surface area contributed by atoms with E-state index in [-0.39, 0.29) is 34.4 Å². The number of benzene rings is 5. The van der Waals surface area contributed by atoms with Crippen LogP contribution in [0.3, 0.4) is 0 Å². The Labute approximate surface area is 293 Å². The Morgan fingerprint density at radius 3 is 1.20 bits per heavy atom. The minimum atomic E-state index is -0.456. The van der Waals surface area contributed by atoms with E-state index in [0.29, 0.717) is 39.6 Å². The average Bonchev–Trinajstić information content (AvgIpc) is 3.55. The maximum Gasteiger partial charge on any atom is 0.266 e. The zero-order valence-corrected chi connectivity index (χ0v) is 28.1. The summed E-state index contributed by atoms with van der Waals surface area (Å²) in [6, 6.07) is 30.5. The Kier molecular flexibility index (Phi) is 9.28. The van der Waals surface area contributed by atoms with Crippen LogP contribution in [0.1, 0.15) is 73.3 Å². The van der Waals surface area contributed by atoms with E-state index in [0.717, 1.165) is 20.9 Å². The van der Waals surface area contributed by atoms with Gasteiger partial charge < -0.3 is 15.4 Å². The van der Waals surface area contributed by atoms with Crippen LogP contribution in [0.25, 0.3) is 0 Å². The van der Waals surface area contributed by atoms with Crippen LogP contribution < -0.4 is 25.2 Å². The van der Waals surface area contributed by atoms with Crippen LogP contribution in [-0.2, 0) is 0 Å². The van der Waals surface area contributed by atoms with Gasteiger partial charge in [0.15, 0.2) is 0 Å². The van der Waals surface area contributed by atoms with Gasteiger partial charge in [0.1, 0.15) is 11.5 Å². The number of hydrogen-bond acceptors (Lipinski definition) is 7. The number of nitrogens with zero attached hydrogens (tertiary/aromatic N) is 2. The van der Waals surface area contributed by atoms with Crippen LogP contribution in [0, 0.1) is 13.8 Å². The van der Waals surface area contributed by atoms with E-state index >= 15 is 0 Å². The van der Waals surface area contributed by atoms with Crippen LogP contribution in [0.2, 0.25) is 0 Å². The van der Waals surface area contributed by atoms with Gasteiger partial charge in [0.25, 0.3) is 35.4 Å². The van der Waals surface area contributed by atoms with E-state index < -0.39 is 17.7 Å². The SMILES string of the molecule is CNC(=O)c1ccc2c(c1)C(=O)N(c1ccc(C)cc1)C2=O.CNC(=O)c1ccc2c(c1)C(=O)N(c1ccc(Oc3ccc(C)cc3)cc1)C2=O. The molecule has 5 aromatic rings. The highest BCUT2D eigenvalue weighted by Gasteiger charge is 2.38. The molecule has 0 saturated carbocycles. The summed E-state index contributed by atoms with van der Waals surface area (Å²) in [7, 11) is 3.02. The molecule has 0 spiro atoms. The van der Waals surface area contributed by atoms with Crippen molar-refractivity contribution in [3.8, 4) is 11.5 Å². The highest BCUT2D eigenvalue weighted by molar-refractivity contribution is 6.35. The zero-order valence-electron chi connectivity index (χ0n) is 28.1. The lowest BCUT2D eigenvalue weighted by Gasteiger charge is -2.14.